The molecule has 0 atom stereocenters. The summed E-state index contributed by atoms with van der Waals surface area (Å²) in [4.78, 5) is 5.95. The third-order valence-electron chi connectivity index (χ3n) is 3.06. The average Bonchev–Trinajstić information content (AvgIpc) is 2.55. The van der Waals surface area contributed by atoms with Crippen molar-refractivity contribution in [3.63, 3.8) is 0 Å². The van der Waals surface area contributed by atoms with Crippen LogP contribution in [0.25, 0.3) is 6.08 Å². The number of rotatable bonds is 5. The molecular formula is C18H20N4. The summed E-state index contributed by atoms with van der Waals surface area (Å²) < 4.78 is 0. The monoisotopic (exact) mass is 292 g/mol. The van der Waals surface area contributed by atoms with Crippen molar-refractivity contribution in [3.05, 3.63) is 60.2 Å². The molecule has 0 bridgehead atoms. The van der Waals surface area contributed by atoms with Crippen molar-refractivity contribution in [1.29, 1.82) is 0 Å². The Morgan fingerprint density at radius 3 is 1.86 bits per heavy atom. The fourth-order valence-electron chi connectivity index (χ4n) is 1.83. The van der Waals surface area contributed by atoms with Crippen LogP contribution in [0.4, 0.5) is 17.1 Å². The molecule has 4 heteroatoms. The van der Waals surface area contributed by atoms with E-state index in [-0.39, 0.29) is 0 Å². The zero-order valence-corrected chi connectivity index (χ0v) is 13.1. The molecule has 2 aromatic rings. The van der Waals surface area contributed by atoms with Crippen LogP contribution in [0.5, 0.6) is 0 Å². The second-order valence-corrected chi connectivity index (χ2v) is 4.97. The summed E-state index contributed by atoms with van der Waals surface area (Å²) in [5, 5.41) is 8.50. The molecule has 2 aromatic carbocycles. The highest BCUT2D eigenvalue weighted by Gasteiger charge is 1.95. The normalized spacial score (nSPS) is 11.8. The zero-order chi connectivity index (χ0) is 15.8. The molecule has 0 N–H and O–H groups in total. The quantitative estimate of drug-likeness (QED) is 0.571. The number of hydrogen-bond acceptors (Lipinski definition) is 4. The van der Waals surface area contributed by atoms with Crippen molar-refractivity contribution < 1.29 is 0 Å². The number of benzene rings is 2. The van der Waals surface area contributed by atoms with Gasteiger partial charge < -0.3 is 4.90 Å². The Balaban J connectivity index is 2.03. The maximum atomic E-state index is 4.25. The summed E-state index contributed by atoms with van der Waals surface area (Å²) in [6.07, 6.45) is 5.65. The number of nitrogens with zero attached hydrogens (tertiary/aromatic N) is 4. The third-order valence-corrected chi connectivity index (χ3v) is 3.06. The van der Waals surface area contributed by atoms with Gasteiger partial charge >= 0.3 is 0 Å². The maximum Gasteiger partial charge on any atom is 0.0858 e. The first-order valence-electron chi connectivity index (χ1n) is 7.07. The van der Waals surface area contributed by atoms with Crippen molar-refractivity contribution in [2.75, 3.05) is 26.0 Å². The van der Waals surface area contributed by atoms with E-state index in [0.717, 1.165) is 22.6 Å². The molecule has 0 spiro atoms. The summed E-state index contributed by atoms with van der Waals surface area (Å²) in [5.74, 6) is 0. The number of hydrogen-bond donors (Lipinski definition) is 0. The van der Waals surface area contributed by atoms with Gasteiger partial charge in [-0.1, -0.05) is 18.2 Å². The fourth-order valence-corrected chi connectivity index (χ4v) is 1.83. The molecule has 0 aromatic heterocycles. The molecule has 0 heterocycles. The summed E-state index contributed by atoms with van der Waals surface area (Å²) >= 11 is 0. The Kier molecular flexibility index (Phi) is 5.60. The van der Waals surface area contributed by atoms with Gasteiger partial charge in [-0.15, -0.1) is 0 Å². The minimum absolute atomic E-state index is 0.831. The maximum absolute atomic E-state index is 4.25. The van der Waals surface area contributed by atoms with Crippen LogP contribution in [0, 0.1) is 0 Å². The zero-order valence-electron chi connectivity index (χ0n) is 13.1. The van der Waals surface area contributed by atoms with Crippen LogP contribution in [0.15, 0.2) is 69.8 Å². The van der Waals surface area contributed by atoms with Gasteiger partial charge in [0.1, 0.15) is 0 Å². The van der Waals surface area contributed by atoms with Gasteiger partial charge in [-0.25, -0.2) is 0 Å². The number of azo groups is 1. The topological polar surface area (TPSA) is 40.3 Å². The summed E-state index contributed by atoms with van der Waals surface area (Å²) in [6, 6.07) is 15.9. The average molecular weight is 292 g/mol. The molecule has 22 heavy (non-hydrogen) atoms. The predicted molar refractivity (Wildman–Crippen MR) is 94.8 cm³/mol. The van der Waals surface area contributed by atoms with Gasteiger partial charge in [-0.3, -0.25) is 4.99 Å². The molecule has 0 amide bonds. The van der Waals surface area contributed by atoms with E-state index in [9.17, 15) is 0 Å². The molecular weight excluding hydrogens is 272 g/mol. The van der Waals surface area contributed by atoms with Gasteiger partial charge in [0.25, 0.3) is 0 Å². The minimum Gasteiger partial charge on any atom is -0.378 e. The first-order chi connectivity index (χ1) is 10.7. The molecule has 0 aliphatic heterocycles. The van der Waals surface area contributed by atoms with Crippen LogP contribution in [0.1, 0.15) is 5.56 Å². The molecule has 0 radical (unpaired) electrons. The summed E-state index contributed by atoms with van der Waals surface area (Å²) in [5.41, 5.74) is 3.92. The third kappa shape index (κ3) is 4.66. The van der Waals surface area contributed by atoms with Crippen molar-refractivity contribution in [3.8, 4) is 0 Å². The van der Waals surface area contributed by atoms with Crippen molar-refractivity contribution in [2.45, 2.75) is 0 Å². The second kappa shape index (κ2) is 7.88. The largest absolute Gasteiger partial charge is 0.378 e. The van der Waals surface area contributed by atoms with E-state index in [1.54, 1.807) is 13.3 Å². The first kappa shape index (κ1) is 15.6. The smallest absolute Gasteiger partial charge is 0.0858 e. The lowest BCUT2D eigenvalue weighted by atomic mass is 10.2. The molecule has 0 aliphatic carbocycles. The van der Waals surface area contributed by atoms with Gasteiger partial charge in [0.05, 0.1) is 11.4 Å². The van der Waals surface area contributed by atoms with Crippen LogP contribution >= 0.6 is 0 Å². The lowest BCUT2D eigenvalue weighted by Crippen LogP contribution is -2.07. The van der Waals surface area contributed by atoms with Gasteiger partial charge in [0.2, 0.25) is 0 Å². The fraction of sp³-hybridized carbons (Fsp3) is 0.167. The number of allylic oxidation sites excluding steroid dienone is 1. The molecule has 0 fully saturated rings. The lowest BCUT2D eigenvalue weighted by Gasteiger charge is -2.11. The molecule has 2 rings (SSSR count). The van der Waals surface area contributed by atoms with Crippen LogP contribution in [-0.4, -0.2) is 27.4 Å². The van der Waals surface area contributed by atoms with Crippen LogP contribution in [-0.2, 0) is 0 Å². The molecule has 0 unspecified atom stereocenters. The SMILES string of the molecule is CN=C/C=C\c1ccc(N=Nc2ccc(N(C)C)cc2)cc1. The highest BCUT2D eigenvalue weighted by atomic mass is 15.1. The summed E-state index contributed by atoms with van der Waals surface area (Å²) in [7, 11) is 5.77. The van der Waals surface area contributed by atoms with Crippen molar-refractivity contribution in [2.24, 2.45) is 15.2 Å². The number of aliphatic imine (C=N–C) groups is 1. The van der Waals surface area contributed by atoms with E-state index in [0.29, 0.717) is 0 Å². The highest BCUT2D eigenvalue weighted by molar-refractivity contribution is 5.78. The van der Waals surface area contributed by atoms with Crippen LogP contribution < -0.4 is 4.90 Å². The van der Waals surface area contributed by atoms with E-state index in [2.05, 4.69) is 20.1 Å². The Morgan fingerprint density at radius 1 is 0.818 bits per heavy atom. The van der Waals surface area contributed by atoms with Gasteiger partial charge in [-0.05, 0) is 48.0 Å². The standard InChI is InChI=1S/C18H20N4/c1-19-14-4-5-15-6-8-16(9-7-15)20-21-17-10-12-18(13-11-17)22(2)3/h4-14H,1-3H3/b5-4-,19-14?,21-20?. The Morgan fingerprint density at radius 2 is 1.36 bits per heavy atom. The van der Waals surface area contributed by atoms with Gasteiger partial charge in [0, 0.05) is 33.0 Å². The minimum atomic E-state index is 0.831. The Hall–Kier alpha value is -2.75. The number of anilines is 1. The van der Waals surface area contributed by atoms with E-state index in [4.69, 9.17) is 0 Å². The van der Waals surface area contributed by atoms with E-state index in [1.165, 1.54) is 0 Å². The van der Waals surface area contributed by atoms with Crippen molar-refractivity contribution >= 4 is 29.4 Å². The predicted octanol–water partition coefficient (Wildman–Crippen LogP) is 4.88. The van der Waals surface area contributed by atoms with E-state index >= 15 is 0 Å². The van der Waals surface area contributed by atoms with Crippen LogP contribution in [0.3, 0.4) is 0 Å². The van der Waals surface area contributed by atoms with Gasteiger partial charge in [-0.2, -0.15) is 10.2 Å². The van der Waals surface area contributed by atoms with E-state index in [1.807, 2.05) is 74.8 Å². The van der Waals surface area contributed by atoms with Crippen molar-refractivity contribution in [1.82, 2.24) is 0 Å². The highest BCUT2D eigenvalue weighted by Crippen LogP contribution is 2.21. The molecule has 112 valence electrons. The Labute approximate surface area is 131 Å². The lowest BCUT2D eigenvalue weighted by molar-refractivity contribution is 1.13. The molecule has 0 aliphatic rings. The molecule has 0 saturated carbocycles. The molecule has 0 saturated heterocycles. The summed E-state index contributed by atoms with van der Waals surface area (Å²) in [6.45, 7) is 0. The van der Waals surface area contributed by atoms with Crippen LogP contribution in [0.2, 0.25) is 0 Å². The van der Waals surface area contributed by atoms with Gasteiger partial charge in [0.15, 0.2) is 0 Å². The van der Waals surface area contributed by atoms with E-state index < -0.39 is 0 Å². The second-order valence-electron chi connectivity index (χ2n) is 4.97. The molecule has 4 nitrogen and oxygen atoms in total. The Bertz CT molecular complexity index is 665. The first-order valence-corrected chi connectivity index (χ1v) is 7.07.